The number of hydrogen-bond donors (Lipinski definition) is 0. The molecule has 3 nitrogen and oxygen atoms in total. The number of rotatable bonds is 3. The molecule has 1 heterocycles. The van der Waals surface area contributed by atoms with Gasteiger partial charge in [-0.25, -0.2) is 4.79 Å². The van der Waals surface area contributed by atoms with E-state index in [0.717, 1.165) is 5.57 Å². The molecule has 0 aromatic heterocycles. The van der Waals surface area contributed by atoms with Crippen molar-refractivity contribution in [2.75, 3.05) is 13.2 Å². The standard InChI is InChI=1S/C8H12O3/c1-6(2)5-11-7-3-4-10-8(7)9/h7H,1,3-5H2,2H3. The van der Waals surface area contributed by atoms with Crippen molar-refractivity contribution >= 4 is 5.97 Å². The zero-order valence-electron chi connectivity index (χ0n) is 6.63. The predicted molar refractivity (Wildman–Crippen MR) is 40.1 cm³/mol. The molecule has 0 aromatic carbocycles. The smallest absolute Gasteiger partial charge is 0.335 e. The highest BCUT2D eigenvalue weighted by Crippen LogP contribution is 2.10. The van der Waals surface area contributed by atoms with Crippen LogP contribution in [0.4, 0.5) is 0 Å². The van der Waals surface area contributed by atoms with E-state index in [9.17, 15) is 4.79 Å². The monoisotopic (exact) mass is 156 g/mol. The second-order valence-electron chi connectivity index (χ2n) is 2.71. The maximum atomic E-state index is 10.8. The number of ether oxygens (including phenoxy) is 2. The Balaban J connectivity index is 2.26. The van der Waals surface area contributed by atoms with Gasteiger partial charge in [-0.15, -0.1) is 0 Å². The zero-order chi connectivity index (χ0) is 8.27. The van der Waals surface area contributed by atoms with E-state index in [-0.39, 0.29) is 12.1 Å². The first kappa shape index (κ1) is 8.27. The quantitative estimate of drug-likeness (QED) is 0.449. The van der Waals surface area contributed by atoms with Gasteiger partial charge >= 0.3 is 5.97 Å². The highest BCUT2D eigenvalue weighted by atomic mass is 16.6. The van der Waals surface area contributed by atoms with Crippen LogP contribution in [0.25, 0.3) is 0 Å². The van der Waals surface area contributed by atoms with Crippen molar-refractivity contribution in [3.8, 4) is 0 Å². The predicted octanol–water partition coefficient (Wildman–Crippen LogP) is 0.895. The summed E-state index contributed by atoms with van der Waals surface area (Å²) in [4.78, 5) is 10.8. The van der Waals surface area contributed by atoms with Crippen LogP contribution in [0.1, 0.15) is 13.3 Å². The molecule has 1 saturated heterocycles. The fourth-order valence-corrected chi connectivity index (χ4v) is 0.872. The third-order valence-corrected chi connectivity index (χ3v) is 1.42. The van der Waals surface area contributed by atoms with E-state index >= 15 is 0 Å². The molecule has 0 aromatic rings. The van der Waals surface area contributed by atoms with Crippen LogP contribution in [0, 0.1) is 0 Å². The Morgan fingerprint density at radius 3 is 3.09 bits per heavy atom. The molecular weight excluding hydrogens is 144 g/mol. The van der Waals surface area contributed by atoms with Gasteiger partial charge in [-0.3, -0.25) is 0 Å². The van der Waals surface area contributed by atoms with E-state index < -0.39 is 0 Å². The Morgan fingerprint density at radius 2 is 2.64 bits per heavy atom. The van der Waals surface area contributed by atoms with Crippen LogP contribution in [0.5, 0.6) is 0 Å². The largest absolute Gasteiger partial charge is 0.464 e. The molecule has 11 heavy (non-hydrogen) atoms. The first-order valence-electron chi connectivity index (χ1n) is 3.63. The molecule has 0 bridgehead atoms. The summed E-state index contributed by atoms with van der Waals surface area (Å²) in [5.41, 5.74) is 0.921. The number of cyclic esters (lactones) is 1. The van der Waals surface area contributed by atoms with E-state index in [4.69, 9.17) is 9.47 Å². The Kier molecular flexibility index (Phi) is 2.65. The van der Waals surface area contributed by atoms with Crippen molar-refractivity contribution in [2.24, 2.45) is 0 Å². The second-order valence-corrected chi connectivity index (χ2v) is 2.71. The summed E-state index contributed by atoms with van der Waals surface area (Å²) in [6, 6.07) is 0. The average molecular weight is 156 g/mol. The minimum absolute atomic E-state index is 0.244. The van der Waals surface area contributed by atoms with E-state index in [1.807, 2.05) is 6.92 Å². The van der Waals surface area contributed by atoms with Crippen molar-refractivity contribution in [1.29, 1.82) is 0 Å². The third kappa shape index (κ3) is 2.35. The molecule has 1 unspecified atom stereocenters. The lowest BCUT2D eigenvalue weighted by atomic mass is 10.3. The highest BCUT2D eigenvalue weighted by molar-refractivity contribution is 5.76. The van der Waals surface area contributed by atoms with Gasteiger partial charge in [0.25, 0.3) is 0 Å². The molecule has 1 aliphatic rings. The van der Waals surface area contributed by atoms with E-state index in [2.05, 4.69) is 6.58 Å². The molecule has 0 N–H and O–H groups in total. The average Bonchev–Trinajstić information content (AvgIpc) is 2.31. The van der Waals surface area contributed by atoms with Crippen molar-refractivity contribution in [3.63, 3.8) is 0 Å². The molecule has 3 heteroatoms. The SMILES string of the molecule is C=C(C)COC1CCOC1=O. The van der Waals surface area contributed by atoms with E-state index in [1.165, 1.54) is 0 Å². The molecular formula is C8H12O3. The summed E-state index contributed by atoms with van der Waals surface area (Å²) >= 11 is 0. The first-order chi connectivity index (χ1) is 5.20. The summed E-state index contributed by atoms with van der Waals surface area (Å²) in [5, 5.41) is 0. The van der Waals surface area contributed by atoms with E-state index in [1.54, 1.807) is 0 Å². The van der Waals surface area contributed by atoms with Crippen molar-refractivity contribution in [1.82, 2.24) is 0 Å². The number of carbonyl (C=O) groups excluding carboxylic acids is 1. The van der Waals surface area contributed by atoms with Gasteiger partial charge in [-0.1, -0.05) is 12.2 Å². The van der Waals surface area contributed by atoms with Gasteiger partial charge in [0, 0.05) is 6.42 Å². The molecule has 62 valence electrons. The van der Waals surface area contributed by atoms with Crippen LogP contribution in [0.3, 0.4) is 0 Å². The molecule has 0 radical (unpaired) electrons. The normalized spacial score (nSPS) is 23.4. The van der Waals surface area contributed by atoms with Crippen LogP contribution >= 0.6 is 0 Å². The summed E-state index contributed by atoms with van der Waals surface area (Å²) in [5.74, 6) is -0.244. The molecule has 1 rings (SSSR count). The maximum Gasteiger partial charge on any atom is 0.335 e. The van der Waals surface area contributed by atoms with Gasteiger partial charge in [0.2, 0.25) is 0 Å². The van der Waals surface area contributed by atoms with Gasteiger partial charge in [-0.05, 0) is 6.92 Å². The number of hydrogen-bond acceptors (Lipinski definition) is 3. The Hall–Kier alpha value is -0.830. The Bertz CT molecular complexity index is 174. The lowest BCUT2D eigenvalue weighted by Crippen LogP contribution is -2.19. The van der Waals surface area contributed by atoms with Crippen molar-refractivity contribution in [3.05, 3.63) is 12.2 Å². The third-order valence-electron chi connectivity index (χ3n) is 1.42. The summed E-state index contributed by atoms with van der Waals surface area (Å²) in [6.07, 6.45) is 0.318. The van der Waals surface area contributed by atoms with E-state index in [0.29, 0.717) is 19.6 Å². The van der Waals surface area contributed by atoms with Crippen LogP contribution in [0.2, 0.25) is 0 Å². The lowest BCUT2D eigenvalue weighted by molar-refractivity contribution is -0.146. The van der Waals surface area contributed by atoms with Gasteiger partial charge in [-0.2, -0.15) is 0 Å². The van der Waals surface area contributed by atoms with Crippen LogP contribution in [0.15, 0.2) is 12.2 Å². The minimum atomic E-state index is -0.355. The Labute approximate surface area is 66.0 Å². The molecule has 0 spiro atoms. The van der Waals surface area contributed by atoms with Crippen LogP contribution < -0.4 is 0 Å². The van der Waals surface area contributed by atoms with Crippen LogP contribution in [-0.4, -0.2) is 25.3 Å². The maximum absolute atomic E-state index is 10.8. The second kappa shape index (κ2) is 3.53. The summed E-state index contributed by atoms with van der Waals surface area (Å²) in [6.45, 7) is 6.46. The molecule has 1 aliphatic heterocycles. The summed E-state index contributed by atoms with van der Waals surface area (Å²) < 4.78 is 9.91. The van der Waals surface area contributed by atoms with Crippen molar-refractivity contribution < 1.29 is 14.3 Å². The van der Waals surface area contributed by atoms with Crippen molar-refractivity contribution in [2.45, 2.75) is 19.4 Å². The van der Waals surface area contributed by atoms with Gasteiger partial charge in [0.15, 0.2) is 6.10 Å². The Morgan fingerprint density at radius 1 is 1.91 bits per heavy atom. The minimum Gasteiger partial charge on any atom is -0.464 e. The summed E-state index contributed by atoms with van der Waals surface area (Å²) in [7, 11) is 0. The molecule has 0 amide bonds. The first-order valence-corrected chi connectivity index (χ1v) is 3.63. The fraction of sp³-hybridized carbons (Fsp3) is 0.625. The van der Waals surface area contributed by atoms with Gasteiger partial charge < -0.3 is 9.47 Å². The molecule has 1 atom stereocenters. The van der Waals surface area contributed by atoms with Gasteiger partial charge in [0.05, 0.1) is 13.2 Å². The number of esters is 1. The molecule has 0 saturated carbocycles. The van der Waals surface area contributed by atoms with Crippen LogP contribution in [-0.2, 0) is 14.3 Å². The highest BCUT2D eigenvalue weighted by Gasteiger charge is 2.26. The number of carbonyl (C=O) groups is 1. The zero-order valence-corrected chi connectivity index (χ0v) is 6.63. The topological polar surface area (TPSA) is 35.5 Å². The molecule has 0 aliphatic carbocycles. The lowest BCUT2D eigenvalue weighted by Gasteiger charge is -2.06. The van der Waals surface area contributed by atoms with Gasteiger partial charge in [0.1, 0.15) is 0 Å². The molecule has 1 fully saturated rings. The fourth-order valence-electron chi connectivity index (χ4n) is 0.872.